The van der Waals surface area contributed by atoms with Crippen LogP contribution in [0.3, 0.4) is 0 Å². The molecular formula is C48H42N8O4. The Hall–Kier alpha value is -7.57. The number of piperazine rings is 1. The van der Waals surface area contributed by atoms with Crippen LogP contribution >= 0.6 is 0 Å². The number of amides is 2. The Labute approximate surface area is 347 Å². The number of anilines is 4. The summed E-state index contributed by atoms with van der Waals surface area (Å²) in [6.07, 6.45) is 2.74. The van der Waals surface area contributed by atoms with Gasteiger partial charge in [0.1, 0.15) is 23.5 Å². The molecule has 2 aliphatic rings. The lowest BCUT2D eigenvalue weighted by molar-refractivity contribution is -0.140. The van der Waals surface area contributed by atoms with Gasteiger partial charge >= 0.3 is 5.97 Å². The quantitative estimate of drug-likeness (QED) is 0.0673. The molecule has 0 aliphatic carbocycles. The predicted molar refractivity (Wildman–Crippen MR) is 234 cm³/mol. The Morgan fingerprint density at radius 1 is 0.817 bits per heavy atom. The Bertz CT molecular complexity index is 2720. The number of nitrogens with zero attached hydrogens (tertiary/aromatic N) is 5. The van der Waals surface area contributed by atoms with Gasteiger partial charge in [0.05, 0.1) is 11.1 Å². The number of hydrogen-bond donors (Lipinski definition) is 3. The van der Waals surface area contributed by atoms with E-state index in [4.69, 9.17) is 9.72 Å². The summed E-state index contributed by atoms with van der Waals surface area (Å²) in [6.45, 7) is 7.86. The van der Waals surface area contributed by atoms with E-state index in [-0.39, 0.29) is 11.8 Å². The summed E-state index contributed by atoms with van der Waals surface area (Å²) >= 11 is 0. The van der Waals surface area contributed by atoms with E-state index >= 15 is 0 Å². The van der Waals surface area contributed by atoms with Crippen molar-refractivity contribution in [2.45, 2.75) is 12.6 Å². The van der Waals surface area contributed by atoms with Crippen molar-refractivity contribution >= 4 is 51.7 Å². The van der Waals surface area contributed by atoms with Gasteiger partial charge in [0, 0.05) is 60.9 Å². The zero-order valence-electron chi connectivity index (χ0n) is 33.0. The molecule has 2 aliphatic heterocycles. The lowest BCUT2D eigenvalue weighted by atomic mass is 9.98. The van der Waals surface area contributed by atoms with Gasteiger partial charge in [-0.2, -0.15) is 0 Å². The lowest BCUT2D eigenvalue weighted by Crippen LogP contribution is -2.44. The molecule has 2 amide bonds. The van der Waals surface area contributed by atoms with Crippen molar-refractivity contribution in [2.24, 2.45) is 0 Å². The second-order valence-corrected chi connectivity index (χ2v) is 14.9. The number of ether oxygens (including phenoxy) is 1. The zero-order valence-corrected chi connectivity index (χ0v) is 33.0. The Balaban J connectivity index is 1.02. The number of carbonyl (C=O) groups excluding carboxylic acids is 3. The number of H-pyrrole nitrogens is 1. The van der Waals surface area contributed by atoms with Crippen molar-refractivity contribution in [1.29, 1.82) is 0 Å². The maximum absolute atomic E-state index is 13.9. The summed E-state index contributed by atoms with van der Waals surface area (Å²) in [6, 6.07) is 38.9. The molecule has 60 heavy (non-hydrogen) atoms. The van der Waals surface area contributed by atoms with E-state index in [9.17, 15) is 14.4 Å². The molecule has 4 heterocycles. The van der Waals surface area contributed by atoms with Crippen LogP contribution in [0.2, 0.25) is 0 Å². The third-order valence-electron chi connectivity index (χ3n) is 11.1. The molecule has 3 N–H and O–H groups in total. The fourth-order valence-corrected chi connectivity index (χ4v) is 7.95. The number of esters is 1. The van der Waals surface area contributed by atoms with Gasteiger partial charge in [-0.15, -0.1) is 0 Å². The minimum Gasteiger partial charge on any atom is -0.425 e. The predicted octanol–water partition coefficient (Wildman–Crippen LogP) is 8.21. The molecule has 5 aromatic carbocycles. The van der Waals surface area contributed by atoms with Gasteiger partial charge in [0.2, 0.25) is 5.91 Å². The number of carbonyl (C=O) groups is 3. The molecule has 12 heteroatoms. The van der Waals surface area contributed by atoms with E-state index in [2.05, 4.69) is 68.3 Å². The van der Waals surface area contributed by atoms with Gasteiger partial charge < -0.3 is 35.1 Å². The van der Waals surface area contributed by atoms with Crippen molar-refractivity contribution in [3.8, 4) is 28.1 Å². The van der Waals surface area contributed by atoms with Gasteiger partial charge in [0.15, 0.2) is 6.04 Å². The first-order valence-electron chi connectivity index (χ1n) is 19.8. The van der Waals surface area contributed by atoms with Crippen LogP contribution in [-0.2, 0) is 16.1 Å². The van der Waals surface area contributed by atoms with Gasteiger partial charge in [-0.05, 0) is 90.0 Å². The summed E-state index contributed by atoms with van der Waals surface area (Å²) in [5.74, 6) is -0.209. The monoisotopic (exact) mass is 794 g/mol. The fourth-order valence-electron chi connectivity index (χ4n) is 7.95. The van der Waals surface area contributed by atoms with E-state index in [1.54, 1.807) is 35.2 Å². The second-order valence-electron chi connectivity index (χ2n) is 14.9. The van der Waals surface area contributed by atoms with E-state index < -0.39 is 12.0 Å². The van der Waals surface area contributed by atoms with Crippen LogP contribution in [0.1, 0.15) is 27.5 Å². The van der Waals surface area contributed by atoms with Gasteiger partial charge in [-0.3, -0.25) is 9.59 Å². The van der Waals surface area contributed by atoms with E-state index in [1.807, 2.05) is 72.8 Å². The Morgan fingerprint density at radius 2 is 1.57 bits per heavy atom. The Morgan fingerprint density at radius 3 is 2.32 bits per heavy atom. The zero-order chi connectivity index (χ0) is 41.2. The lowest BCUT2D eigenvalue weighted by Gasteiger charge is -2.34. The van der Waals surface area contributed by atoms with Crippen molar-refractivity contribution < 1.29 is 19.1 Å². The first kappa shape index (κ1) is 38.0. The Kier molecular flexibility index (Phi) is 10.4. The molecule has 0 saturated carbocycles. The maximum Gasteiger partial charge on any atom is 0.338 e. The van der Waals surface area contributed by atoms with Crippen LogP contribution in [0.4, 0.5) is 22.9 Å². The molecule has 1 unspecified atom stereocenters. The van der Waals surface area contributed by atoms with Crippen LogP contribution in [0.25, 0.3) is 33.4 Å². The molecule has 7 aromatic rings. The third kappa shape index (κ3) is 7.59. The highest BCUT2D eigenvalue weighted by Crippen LogP contribution is 2.42. The molecule has 0 spiro atoms. The average Bonchev–Trinajstić information content (AvgIpc) is 3.83. The van der Waals surface area contributed by atoms with Gasteiger partial charge in [0.25, 0.3) is 5.91 Å². The summed E-state index contributed by atoms with van der Waals surface area (Å²) in [5, 5.41) is 7.10. The van der Waals surface area contributed by atoms with E-state index in [0.717, 1.165) is 59.5 Å². The number of nitrogens with one attached hydrogen (secondary N) is 3. The normalized spacial score (nSPS) is 14.4. The van der Waals surface area contributed by atoms with Crippen LogP contribution in [-0.4, -0.2) is 75.8 Å². The highest BCUT2D eigenvalue weighted by atomic mass is 16.5. The molecule has 0 radical (unpaired) electrons. The second kappa shape index (κ2) is 16.4. The summed E-state index contributed by atoms with van der Waals surface area (Å²) < 4.78 is 5.96. The number of likely N-dealkylation sites (N-methyl/N-ethyl adjacent to an activating group) is 1. The summed E-state index contributed by atoms with van der Waals surface area (Å²) in [5.41, 5.74) is 8.73. The molecule has 1 fully saturated rings. The van der Waals surface area contributed by atoms with E-state index in [0.29, 0.717) is 46.3 Å². The van der Waals surface area contributed by atoms with Crippen LogP contribution in [0.5, 0.6) is 5.75 Å². The molecule has 12 nitrogen and oxygen atoms in total. The van der Waals surface area contributed by atoms with Crippen LogP contribution < -0.4 is 20.3 Å². The maximum atomic E-state index is 13.9. The van der Waals surface area contributed by atoms with Gasteiger partial charge in [-0.25, -0.2) is 14.8 Å². The minimum atomic E-state index is -0.939. The number of benzene rings is 5. The molecule has 1 atom stereocenters. The molecule has 0 bridgehead atoms. The molecular weight excluding hydrogens is 753 g/mol. The number of hydrogen-bond acceptors (Lipinski definition) is 9. The number of rotatable bonds is 11. The number of aromatic nitrogens is 3. The van der Waals surface area contributed by atoms with Crippen molar-refractivity contribution in [3.63, 3.8) is 0 Å². The molecule has 9 rings (SSSR count). The van der Waals surface area contributed by atoms with Crippen molar-refractivity contribution in [1.82, 2.24) is 24.8 Å². The number of fused-ring (bicyclic) bond motifs is 2. The molecule has 2 aromatic heterocycles. The largest absolute Gasteiger partial charge is 0.425 e. The topological polar surface area (TPSA) is 136 Å². The first-order chi connectivity index (χ1) is 29.3. The third-order valence-corrected chi connectivity index (χ3v) is 11.1. The van der Waals surface area contributed by atoms with Crippen molar-refractivity contribution in [3.05, 3.63) is 163 Å². The number of aromatic amines is 1. The smallest absolute Gasteiger partial charge is 0.338 e. The molecule has 1 saturated heterocycles. The highest BCUT2D eigenvalue weighted by molar-refractivity contribution is 6.09. The SMILES string of the molecule is C=CC(=O)Nc1cccc(-c2c(-c3ccc(N4CCN(C)CC4)cc3)[nH]c3ncnc(Nc4ccc(OC(=O)C(c5ccccc5)N5Cc6ccccc6C5=O)cc4)c23)c1. The minimum absolute atomic E-state index is 0.213. The summed E-state index contributed by atoms with van der Waals surface area (Å²) in [7, 11) is 2.15. The first-order valence-corrected chi connectivity index (χ1v) is 19.8. The van der Waals surface area contributed by atoms with Gasteiger partial charge in [-0.1, -0.05) is 79.4 Å². The van der Waals surface area contributed by atoms with E-state index in [1.165, 1.54) is 18.1 Å². The van der Waals surface area contributed by atoms with Crippen LogP contribution in [0, 0.1) is 0 Å². The fraction of sp³-hybridized carbons (Fsp3) is 0.146. The average molecular weight is 795 g/mol. The van der Waals surface area contributed by atoms with Crippen molar-refractivity contribution in [2.75, 3.05) is 48.8 Å². The molecule has 298 valence electrons. The standard InChI is InChI=1S/C48H42N8O4/c1-3-40(57)51-36-14-9-13-33(28-36)41-42-45(49-30-50-46(42)53-43(41)31-16-20-37(21-17-31)55-26-24-54(2)25-27-55)52-35-18-22-38(23-19-35)60-48(59)44(32-10-5-4-6-11-32)56-29-34-12-7-8-15-39(34)47(56)58/h3-23,28,30,44H,1,24-27,29H2,2H3,(H,51,57)(H2,49,50,52,53). The highest BCUT2D eigenvalue weighted by Gasteiger charge is 2.38. The summed E-state index contributed by atoms with van der Waals surface area (Å²) in [4.78, 5) is 59.0. The van der Waals surface area contributed by atoms with Crippen LogP contribution in [0.15, 0.2) is 146 Å².